The van der Waals surface area contributed by atoms with Crippen molar-refractivity contribution in [2.45, 2.75) is 238 Å². The van der Waals surface area contributed by atoms with Crippen LogP contribution in [0, 0.1) is 35.5 Å². The number of furan rings is 1. The van der Waals surface area contributed by atoms with Crippen LogP contribution in [-0.4, -0.2) is 177 Å². The number of fused-ring (bicyclic) bond motifs is 2. The number of aromatic nitrogens is 1. The number of carbonyl (C=O) groups is 11. The maximum Gasteiger partial charge on any atom is 0.338 e. The second-order valence-corrected chi connectivity index (χ2v) is 36.0. The minimum atomic E-state index is -0.420. The number of nitrogens with zero attached hydrogens (tertiary/aromatic N) is 1. The standard InChI is InChI=1S/C31H31NO7S2.C17H22O5.C16H22O4.C16H28O3.C15H24O5.C14H18O4/c1-16(33)18-3-7-20(8-4-18)29(35)37-23-11-12-24(38-30(36)21-9-5-19(6-10-21)17(2)34)27-26(23)32-28(41-27)25-15-22-13-14-40-31(22)39-25;1-3-16(18)21-12-6-4-5-7-13-22-17(19)14-8-10-15(20-2)11-9-14;1-3-16(17)20-13-7-5-4-6-12-19-15-10-8-14(18-2)9-11-15;1-3-16(17)19-13-7-5-4-6-8-14-9-11-15(18-2)12-10-14;1-3-14(16)19-10-4-5-11-20-15(17)12-6-8-13(18-2)9-7-12;1-3-14(15)18-11-5-4-10-17-13-8-6-12(16-2)7-9-13/h11-15,18-21H,3-10H2,1-2H3;3,8-11H,1,4-7,12-13H2,2H3;3,8-11H,1,4-7,12-13H2,2H3;3,14-15H,1,4-13H2,2H3;3,12-13H,1,4-11H2,2H3;3,6-9H,1,4-5,10-11H2,2H3. The summed E-state index contributed by atoms with van der Waals surface area (Å²) in [4.78, 5) is 133. The third kappa shape index (κ3) is 46.1. The summed E-state index contributed by atoms with van der Waals surface area (Å²) in [6.07, 6.45) is 36.9. The van der Waals surface area contributed by atoms with E-state index in [1.54, 1.807) is 78.7 Å². The van der Waals surface area contributed by atoms with E-state index < -0.39 is 11.9 Å². The Labute approximate surface area is 832 Å². The molecule has 140 heavy (non-hydrogen) atoms. The van der Waals surface area contributed by atoms with Crippen LogP contribution in [0.1, 0.15) is 236 Å². The first-order chi connectivity index (χ1) is 67.9. The molecule has 4 aliphatic rings. The number of esters is 9. The van der Waals surface area contributed by atoms with Gasteiger partial charge in [0.1, 0.15) is 50.5 Å². The van der Waals surface area contributed by atoms with E-state index >= 15 is 0 Å². The molecule has 0 amide bonds. The van der Waals surface area contributed by atoms with Gasteiger partial charge in [0, 0.05) is 61.8 Å². The van der Waals surface area contributed by atoms with Crippen LogP contribution in [0.15, 0.2) is 170 Å². The number of carbonyl (C=O) groups excluding carboxylic acids is 11. The van der Waals surface area contributed by atoms with Gasteiger partial charge in [0.25, 0.3) is 0 Å². The summed E-state index contributed by atoms with van der Waals surface area (Å²) < 4.78 is 90.1. The number of ether oxygens (including phenoxy) is 16. The summed E-state index contributed by atoms with van der Waals surface area (Å²) in [5.74, 6) is 3.02. The van der Waals surface area contributed by atoms with Crippen molar-refractivity contribution in [1.82, 2.24) is 4.98 Å². The van der Waals surface area contributed by atoms with Crippen LogP contribution in [0.5, 0.6) is 40.2 Å². The molecule has 0 aliphatic heterocycles. The lowest BCUT2D eigenvalue weighted by Crippen LogP contribution is -2.28. The van der Waals surface area contributed by atoms with Crippen molar-refractivity contribution in [2.75, 3.05) is 95.0 Å². The number of thiophene rings is 1. The molecule has 29 nitrogen and oxygen atoms in total. The van der Waals surface area contributed by atoms with Crippen LogP contribution >= 0.6 is 22.7 Å². The SMILES string of the molecule is C=CC(=O)OCCCCCCC1CCC(OC)CC1.C=CC(=O)OCCCCCCOC(=O)c1ccc(OC)cc1.C=CC(=O)OCCCCCCOc1ccc(OC)cc1.C=CC(=O)OCCCCOC(=O)C1CCC(OC)CC1.C=CC(=O)OCCCCOc1ccc(OC)cc1.CC(=O)C1CCC(C(=O)Oc2ccc(OC(=O)C3CCC(C(C)=O)CC3)c3sc(-c4cc5ccsc5o4)nc23)CC1. The van der Waals surface area contributed by atoms with Crippen molar-refractivity contribution in [2.24, 2.45) is 35.5 Å². The van der Waals surface area contributed by atoms with Gasteiger partial charge in [0.05, 0.1) is 116 Å². The first-order valence-corrected chi connectivity index (χ1v) is 50.5. The number of methoxy groups -OCH3 is 5. The number of hydrogen-bond acceptors (Lipinski definition) is 31. The Balaban J connectivity index is 0.000000267. The maximum atomic E-state index is 13.1. The highest BCUT2D eigenvalue weighted by atomic mass is 32.1. The third-order valence-electron chi connectivity index (χ3n) is 24.2. The van der Waals surface area contributed by atoms with E-state index in [4.69, 9.17) is 85.2 Å². The Bertz CT molecular complexity index is 4770. The molecule has 0 N–H and O–H groups in total. The van der Waals surface area contributed by atoms with Gasteiger partial charge in [-0.25, -0.2) is 33.8 Å². The Hall–Kier alpha value is -11.8. The topological polar surface area (TPSA) is 361 Å². The first-order valence-electron chi connectivity index (χ1n) is 48.8. The van der Waals surface area contributed by atoms with Crippen molar-refractivity contribution < 1.29 is 133 Å². The zero-order valence-corrected chi connectivity index (χ0v) is 84.4. The lowest BCUT2D eigenvalue weighted by atomic mass is 9.80. The van der Waals surface area contributed by atoms with Crippen molar-refractivity contribution in [1.29, 1.82) is 0 Å². The van der Waals surface area contributed by atoms with Gasteiger partial charge in [-0.15, -0.1) is 22.7 Å². The largest absolute Gasteiger partial charge is 0.497 e. The number of Topliss-reactive ketones (excluding diaryl/α,β-unsaturated/α-hetero) is 2. The second-order valence-electron chi connectivity index (χ2n) is 34.2. The highest BCUT2D eigenvalue weighted by molar-refractivity contribution is 7.22. The number of benzene rings is 4. The van der Waals surface area contributed by atoms with E-state index in [1.807, 2.05) is 73.2 Å². The molecule has 0 radical (unpaired) electrons. The molecule has 3 aromatic heterocycles. The molecule has 4 saturated carbocycles. The minimum absolute atomic E-state index is 0.0139. The fourth-order valence-corrected chi connectivity index (χ4v) is 17.4. The molecular formula is C109H145NO28S2. The predicted molar refractivity (Wildman–Crippen MR) is 537 cm³/mol. The monoisotopic (exact) mass is 1980 g/mol. The number of thiazole rings is 1. The average molecular weight is 1980 g/mol. The smallest absolute Gasteiger partial charge is 0.338 e. The highest BCUT2D eigenvalue weighted by Gasteiger charge is 2.34. The van der Waals surface area contributed by atoms with Crippen LogP contribution in [-0.2, 0) is 90.6 Å². The van der Waals surface area contributed by atoms with Crippen molar-refractivity contribution in [3.8, 4) is 51.0 Å². The quantitative estimate of drug-likeness (QED) is 0.0112. The van der Waals surface area contributed by atoms with E-state index in [0.717, 1.165) is 160 Å². The molecule has 7 aromatic rings. The third-order valence-corrected chi connectivity index (χ3v) is 26.1. The van der Waals surface area contributed by atoms with Gasteiger partial charge in [0.2, 0.25) is 0 Å². The number of ketones is 2. The summed E-state index contributed by atoms with van der Waals surface area (Å²) in [6.45, 7) is 24.1. The van der Waals surface area contributed by atoms with E-state index in [1.165, 1.54) is 79.8 Å². The van der Waals surface area contributed by atoms with Crippen molar-refractivity contribution in [3.63, 3.8) is 0 Å². The number of hydrogen-bond donors (Lipinski definition) is 0. The minimum Gasteiger partial charge on any atom is -0.497 e. The van der Waals surface area contributed by atoms with Gasteiger partial charge in [0.15, 0.2) is 27.2 Å². The lowest BCUT2D eigenvalue weighted by Gasteiger charge is -2.27. The fraction of sp³-hybridized carbons (Fsp3) is 0.523. The predicted octanol–water partition coefficient (Wildman–Crippen LogP) is 22.6. The van der Waals surface area contributed by atoms with Gasteiger partial charge >= 0.3 is 53.7 Å². The van der Waals surface area contributed by atoms with Crippen LogP contribution in [0.3, 0.4) is 0 Å². The molecule has 0 bridgehead atoms. The van der Waals surface area contributed by atoms with Gasteiger partial charge in [-0.05, 0) is 308 Å². The van der Waals surface area contributed by atoms with Crippen LogP contribution in [0.25, 0.3) is 31.3 Å². The second kappa shape index (κ2) is 69.1. The molecule has 0 atom stereocenters. The summed E-state index contributed by atoms with van der Waals surface area (Å²) in [5.41, 5.74) is 0.943. The molecule has 4 fully saturated rings. The Morgan fingerprint density at radius 1 is 0.364 bits per heavy atom. The van der Waals surface area contributed by atoms with Crippen molar-refractivity contribution in [3.05, 3.63) is 171 Å². The summed E-state index contributed by atoms with van der Waals surface area (Å²) in [5, 5.41) is 3.53. The number of rotatable bonds is 52. The van der Waals surface area contributed by atoms with Crippen LogP contribution in [0.4, 0.5) is 0 Å². The molecule has 0 unspecified atom stereocenters. The van der Waals surface area contributed by atoms with Gasteiger partial charge in [-0.3, -0.25) is 24.0 Å². The van der Waals surface area contributed by atoms with E-state index in [2.05, 4.69) is 32.9 Å². The molecule has 4 aliphatic carbocycles. The Morgan fingerprint density at radius 3 is 1.10 bits per heavy atom. The molecular weight excluding hydrogens is 1840 g/mol. The fourth-order valence-electron chi connectivity index (χ4n) is 15.7. The van der Waals surface area contributed by atoms with E-state index in [0.29, 0.717) is 180 Å². The molecule has 31 heteroatoms. The van der Waals surface area contributed by atoms with Gasteiger partial charge < -0.3 is 80.2 Å². The summed E-state index contributed by atoms with van der Waals surface area (Å²) in [7, 11) is 8.38. The van der Waals surface area contributed by atoms with Gasteiger partial charge in [-0.2, -0.15) is 0 Å². The summed E-state index contributed by atoms with van der Waals surface area (Å²) >= 11 is 2.82. The van der Waals surface area contributed by atoms with E-state index in [-0.39, 0.29) is 82.9 Å². The van der Waals surface area contributed by atoms with Crippen LogP contribution in [0.2, 0.25) is 0 Å². The molecule has 4 aromatic carbocycles. The van der Waals surface area contributed by atoms with Crippen LogP contribution < -0.4 is 33.2 Å². The molecule has 3 heterocycles. The zero-order valence-electron chi connectivity index (χ0n) is 82.7. The Morgan fingerprint density at radius 2 is 0.700 bits per heavy atom. The molecule has 0 saturated heterocycles. The first kappa shape index (κ1) is 117. The zero-order chi connectivity index (χ0) is 101. The average Bonchev–Trinajstić information content (AvgIpc) is 1.61. The highest BCUT2D eigenvalue weighted by Crippen LogP contribution is 2.44. The summed E-state index contributed by atoms with van der Waals surface area (Å²) in [6, 6.07) is 28.9. The van der Waals surface area contributed by atoms with Crippen molar-refractivity contribution >= 4 is 108 Å². The number of unbranched alkanes of at least 4 members (excludes halogenated alkanes) is 11. The Kier molecular flexibility index (Phi) is 57.7. The normalized spacial score (nSPS) is 17.2. The molecule has 11 rings (SSSR count). The lowest BCUT2D eigenvalue weighted by molar-refractivity contribution is -0.151. The maximum absolute atomic E-state index is 13.1. The molecule has 766 valence electrons. The van der Waals surface area contributed by atoms with E-state index in [9.17, 15) is 52.7 Å². The molecule has 0 spiro atoms. The van der Waals surface area contributed by atoms with Gasteiger partial charge in [-0.1, -0.05) is 58.6 Å².